The Morgan fingerprint density at radius 1 is 1.38 bits per heavy atom. The quantitative estimate of drug-likeness (QED) is 0.807. The Morgan fingerprint density at radius 2 is 2.06 bits per heavy atom. The predicted octanol–water partition coefficient (Wildman–Crippen LogP) is 2.55. The van der Waals surface area contributed by atoms with Gasteiger partial charge in [-0.15, -0.1) is 0 Å². The zero-order valence-electron chi connectivity index (χ0n) is 9.16. The molecule has 0 aliphatic carbocycles. The minimum absolute atomic E-state index is 0.269. The van der Waals surface area contributed by atoms with Crippen molar-refractivity contribution < 1.29 is 9.18 Å². The van der Waals surface area contributed by atoms with Crippen molar-refractivity contribution in [1.82, 2.24) is 10.6 Å². The molecular formula is C12H15FN2O. The molecule has 2 amide bonds. The molecule has 0 unspecified atom stereocenters. The Bertz CT molecular complexity index is 360. The van der Waals surface area contributed by atoms with Crippen molar-refractivity contribution in [2.45, 2.75) is 19.9 Å². The molecule has 0 heterocycles. The molecule has 2 N–H and O–H groups in total. The molecule has 0 radical (unpaired) electrons. The van der Waals surface area contributed by atoms with Gasteiger partial charge in [-0.1, -0.05) is 25.1 Å². The Morgan fingerprint density at radius 3 is 2.69 bits per heavy atom. The fourth-order valence-corrected chi connectivity index (χ4v) is 1.09. The van der Waals surface area contributed by atoms with Crippen molar-refractivity contribution in [3.05, 3.63) is 47.9 Å². The molecule has 1 aromatic rings. The van der Waals surface area contributed by atoms with Crippen molar-refractivity contribution in [1.29, 1.82) is 0 Å². The molecule has 0 saturated heterocycles. The van der Waals surface area contributed by atoms with Gasteiger partial charge in [-0.05, 0) is 24.1 Å². The molecule has 0 bridgehead atoms. The zero-order chi connectivity index (χ0) is 11.8. The first-order valence-electron chi connectivity index (χ1n) is 5.16. The van der Waals surface area contributed by atoms with Gasteiger partial charge in [0.2, 0.25) is 0 Å². The van der Waals surface area contributed by atoms with Gasteiger partial charge in [0.15, 0.2) is 0 Å². The fraction of sp³-hybridized carbons (Fsp3) is 0.250. The molecule has 0 fully saturated rings. The summed E-state index contributed by atoms with van der Waals surface area (Å²) in [5.74, 6) is -0.279. The lowest BCUT2D eigenvalue weighted by Gasteiger charge is -2.04. The van der Waals surface area contributed by atoms with E-state index in [1.54, 1.807) is 18.3 Å². The maximum absolute atomic E-state index is 12.6. The third-order valence-corrected chi connectivity index (χ3v) is 1.93. The number of allylic oxidation sites excluding steroid dienone is 1. The third kappa shape index (κ3) is 4.59. The number of amides is 2. The highest BCUT2D eigenvalue weighted by atomic mass is 19.1. The second-order valence-electron chi connectivity index (χ2n) is 3.26. The topological polar surface area (TPSA) is 41.1 Å². The van der Waals surface area contributed by atoms with E-state index in [1.165, 1.54) is 12.1 Å². The van der Waals surface area contributed by atoms with Gasteiger partial charge in [0.25, 0.3) is 0 Å². The highest BCUT2D eigenvalue weighted by Crippen LogP contribution is 2.01. The highest BCUT2D eigenvalue weighted by molar-refractivity contribution is 5.74. The van der Waals surface area contributed by atoms with Gasteiger partial charge in [0.05, 0.1) is 0 Å². The van der Waals surface area contributed by atoms with E-state index in [0.29, 0.717) is 6.54 Å². The normalized spacial score (nSPS) is 10.4. The molecule has 0 aliphatic heterocycles. The molecule has 0 atom stereocenters. The van der Waals surface area contributed by atoms with Gasteiger partial charge in [-0.2, -0.15) is 0 Å². The van der Waals surface area contributed by atoms with E-state index in [1.807, 2.05) is 13.0 Å². The maximum atomic E-state index is 12.6. The van der Waals surface area contributed by atoms with Crippen LogP contribution in [0.15, 0.2) is 36.5 Å². The third-order valence-electron chi connectivity index (χ3n) is 1.93. The van der Waals surface area contributed by atoms with Crippen LogP contribution >= 0.6 is 0 Å². The molecule has 0 aliphatic rings. The predicted molar refractivity (Wildman–Crippen MR) is 61.2 cm³/mol. The van der Waals surface area contributed by atoms with Crippen LogP contribution in [0.1, 0.15) is 18.9 Å². The summed E-state index contributed by atoms with van der Waals surface area (Å²) < 4.78 is 12.6. The van der Waals surface area contributed by atoms with E-state index >= 15 is 0 Å². The molecule has 0 spiro atoms. The van der Waals surface area contributed by atoms with E-state index < -0.39 is 0 Å². The van der Waals surface area contributed by atoms with Gasteiger partial charge in [-0.25, -0.2) is 9.18 Å². The van der Waals surface area contributed by atoms with E-state index in [-0.39, 0.29) is 11.8 Å². The Labute approximate surface area is 94.4 Å². The van der Waals surface area contributed by atoms with Gasteiger partial charge in [0, 0.05) is 12.7 Å². The van der Waals surface area contributed by atoms with Crippen LogP contribution in [-0.2, 0) is 6.54 Å². The van der Waals surface area contributed by atoms with Crippen LogP contribution in [-0.4, -0.2) is 6.03 Å². The first kappa shape index (κ1) is 12.2. The van der Waals surface area contributed by atoms with Crippen LogP contribution in [0.3, 0.4) is 0 Å². The standard InChI is InChI=1S/C12H15FN2O/c1-2-3-8-14-12(16)15-9-10-4-6-11(13)7-5-10/h3-8H,2,9H2,1H3,(H2,14,15,16)/b8-3+. The number of rotatable bonds is 4. The summed E-state index contributed by atoms with van der Waals surface area (Å²) in [7, 11) is 0. The summed E-state index contributed by atoms with van der Waals surface area (Å²) in [5.41, 5.74) is 0.857. The Hall–Kier alpha value is -1.84. The Balaban J connectivity index is 2.31. The smallest absolute Gasteiger partial charge is 0.319 e. The minimum Gasteiger partial charge on any atom is -0.334 e. The number of urea groups is 1. The van der Waals surface area contributed by atoms with Crippen LogP contribution in [0.4, 0.5) is 9.18 Å². The summed E-state index contributed by atoms with van der Waals surface area (Å²) in [5, 5.41) is 5.21. The second-order valence-corrected chi connectivity index (χ2v) is 3.26. The SMILES string of the molecule is CC/C=C/NC(=O)NCc1ccc(F)cc1. The van der Waals surface area contributed by atoms with E-state index in [9.17, 15) is 9.18 Å². The number of benzene rings is 1. The van der Waals surface area contributed by atoms with Crippen LogP contribution in [0.25, 0.3) is 0 Å². The fourth-order valence-electron chi connectivity index (χ4n) is 1.09. The van der Waals surface area contributed by atoms with Crippen molar-refractivity contribution in [3.8, 4) is 0 Å². The van der Waals surface area contributed by atoms with Crippen molar-refractivity contribution in [2.75, 3.05) is 0 Å². The van der Waals surface area contributed by atoms with Gasteiger partial charge < -0.3 is 10.6 Å². The monoisotopic (exact) mass is 222 g/mol. The van der Waals surface area contributed by atoms with E-state index in [0.717, 1.165) is 12.0 Å². The zero-order valence-corrected chi connectivity index (χ0v) is 9.16. The van der Waals surface area contributed by atoms with E-state index in [4.69, 9.17) is 0 Å². The lowest BCUT2D eigenvalue weighted by molar-refractivity contribution is 0.243. The number of hydrogen-bond donors (Lipinski definition) is 2. The molecule has 0 aromatic heterocycles. The maximum Gasteiger partial charge on any atom is 0.319 e. The molecule has 86 valence electrons. The van der Waals surface area contributed by atoms with Gasteiger partial charge in [-0.3, -0.25) is 0 Å². The number of hydrogen-bond acceptors (Lipinski definition) is 1. The lowest BCUT2D eigenvalue weighted by Crippen LogP contribution is -2.31. The number of carbonyl (C=O) groups excluding carboxylic acids is 1. The minimum atomic E-state index is -0.279. The molecule has 1 aromatic carbocycles. The average molecular weight is 222 g/mol. The molecule has 3 nitrogen and oxygen atoms in total. The van der Waals surface area contributed by atoms with E-state index in [2.05, 4.69) is 10.6 Å². The summed E-state index contributed by atoms with van der Waals surface area (Å²) in [6, 6.07) is 5.74. The van der Waals surface area contributed by atoms with Crippen molar-refractivity contribution >= 4 is 6.03 Å². The largest absolute Gasteiger partial charge is 0.334 e. The van der Waals surface area contributed by atoms with Crippen LogP contribution in [0.2, 0.25) is 0 Å². The second kappa shape index (κ2) is 6.61. The first-order chi connectivity index (χ1) is 7.72. The van der Waals surface area contributed by atoms with Gasteiger partial charge in [0.1, 0.15) is 5.82 Å². The number of carbonyl (C=O) groups is 1. The first-order valence-corrected chi connectivity index (χ1v) is 5.16. The van der Waals surface area contributed by atoms with Crippen molar-refractivity contribution in [3.63, 3.8) is 0 Å². The lowest BCUT2D eigenvalue weighted by atomic mass is 10.2. The number of halogens is 1. The van der Waals surface area contributed by atoms with Crippen LogP contribution in [0.5, 0.6) is 0 Å². The molecule has 16 heavy (non-hydrogen) atoms. The summed E-state index contributed by atoms with van der Waals surface area (Å²) in [6.45, 7) is 2.36. The summed E-state index contributed by atoms with van der Waals surface area (Å²) >= 11 is 0. The molecular weight excluding hydrogens is 207 g/mol. The van der Waals surface area contributed by atoms with Gasteiger partial charge >= 0.3 is 6.03 Å². The average Bonchev–Trinajstić information content (AvgIpc) is 2.29. The van der Waals surface area contributed by atoms with Crippen LogP contribution in [0, 0.1) is 5.82 Å². The molecule has 1 rings (SSSR count). The number of nitrogens with one attached hydrogen (secondary N) is 2. The molecule has 4 heteroatoms. The summed E-state index contributed by atoms with van der Waals surface area (Å²) in [4.78, 5) is 11.2. The molecule has 0 saturated carbocycles. The summed E-state index contributed by atoms with van der Waals surface area (Å²) in [6.07, 6.45) is 4.32. The van der Waals surface area contributed by atoms with Crippen molar-refractivity contribution in [2.24, 2.45) is 0 Å². The Kier molecular flexibility index (Phi) is 5.05. The van der Waals surface area contributed by atoms with Crippen LogP contribution < -0.4 is 10.6 Å². The highest BCUT2D eigenvalue weighted by Gasteiger charge is 1.97.